The van der Waals surface area contributed by atoms with Crippen molar-refractivity contribution >= 4 is 27.6 Å². The lowest BCUT2D eigenvalue weighted by molar-refractivity contribution is -0.122. The molecule has 0 bridgehead atoms. The van der Waals surface area contributed by atoms with Crippen LogP contribution < -0.4 is 14.4 Å². The van der Waals surface area contributed by atoms with Crippen LogP contribution in [-0.2, 0) is 26.0 Å². The van der Waals surface area contributed by atoms with Crippen molar-refractivity contribution in [2.45, 2.75) is 31.2 Å². The number of aryl methyl sites for hydroxylation is 2. The van der Waals surface area contributed by atoms with E-state index in [2.05, 4.69) is 5.32 Å². The Bertz CT molecular complexity index is 1820. The van der Waals surface area contributed by atoms with E-state index < -0.39 is 39.6 Å². The zero-order chi connectivity index (χ0) is 31.6. The molecule has 1 N–H and O–H groups in total. The molecule has 11 heteroatoms. The second-order valence-corrected chi connectivity index (χ2v) is 12.2. The smallest absolute Gasteiger partial charge is 0.337 e. The minimum Gasteiger partial charge on any atom is -0.491 e. The molecule has 1 aliphatic heterocycles. The van der Waals surface area contributed by atoms with Crippen molar-refractivity contribution in [3.8, 4) is 16.9 Å². The highest BCUT2D eigenvalue weighted by molar-refractivity contribution is 7.93. The number of nitrogens with zero attached hydrogens (tertiary/aromatic N) is 1. The Morgan fingerprint density at radius 1 is 0.955 bits per heavy atom. The van der Waals surface area contributed by atoms with Gasteiger partial charge < -0.3 is 14.8 Å². The van der Waals surface area contributed by atoms with E-state index in [0.717, 1.165) is 27.6 Å². The molecule has 1 aliphatic rings. The lowest BCUT2D eigenvalue weighted by Crippen LogP contribution is -2.48. The molecule has 1 heterocycles. The lowest BCUT2D eigenvalue weighted by Gasteiger charge is -2.26. The first-order chi connectivity index (χ1) is 21.0. The van der Waals surface area contributed by atoms with E-state index in [9.17, 15) is 26.8 Å². The van der Waals surface area contributed by atoms with Crippen molar-refractivity contribution in [3.63, 3.8) is 0 Å². The molecule has 0 aromatic heterocycles. The summed E-state index contributed by atoms with van der Waals surface area (Å²) in [6, 6.07) is 17.9. The molecule has 0 aliphatic carbocycles. The largest absolute Gasteiger partial charge is 0.491 e. The molecule has 1 atom stereocenters. The van der Waals surface area contributed by atoms with E-state index in [-0.39, 0.29) is 30.0 Å². The molecule has 0 fully saturated rings. The average molecular weight is 621 g/mol. The van der Waals surface area contributed by atoms with Crippen LogP contribution >= 0.6 is 0 Å². The number of fused-ring (bicyclic) bond motifs is 1. The van der Waals surface area contributed by atoms with Crippen molar-refractivity contribution in [2.75, 3.05) is 24.6 Å². The van der Waals surface area contributed by atoms with Gasteiger partial charge in [-0.05, 0) is 78.6 Å². The maximum atomic E-state index is 14.3. The maximum absolute atomic E-state index is 14.3. The number of carbonyl (C=O) groups is 2. The fourth-order valence-electron chi connectivity index (χ4n) is 5.36. The number of amides is 1. The Balaban J connectivity index is 1.32. The van der Waals surface area contributed by atoms with Gasteiger partial charge in [0.05, 0.1) is 29.8 Å². The molecule has 0 radical (unpaired) electrons. The number of hydrogen-bond donors (Lipinski definition) is 1. The molecule has 0 spiro atoms. The Morgan fingerprint density at radius 3 is 2.30 bits per heavy atom. The van der Waals surface area contributed by atoms with Crippen LogP contribution in [0.25, 0.3) is 11.1 Å². The third-order valence-electron chi connectivity index (χ3n) is 7.41. The quantitative estimate of drug-likeness (QED) is 0.200. The third-order valence-corrected chi connectivity index (χ3v) is 9.25. The zero-order valence-electron chi connectivity index (χ0n) is 24.3. The van der Waals surface area contributed by atoms with Crippen molar-refractivity contribution in [3.05, 3.63) is 113 Å². The molecular formula is C33H30F2N2O6S. The van der Waals surface area contributed by atoms with Gasteiger partial charge in [0.2, 0.25) is 5.91 Å². The van der Waals surface area contributed by atoms with Gasteiger partial charge in [0.1, 0.15) is 30.0 Å². The number of carbonyl (C=O) groups excluding carboxylic acids is 2. The molecular weight excluding hydrogens is 590 g/mol. The van der Waals surface area contributed by atoms with E-state index in [1.54, 1.807) is 50.2 Å². The molecule has 4 aromatic carbocycles. The monoisotopic (exact) mass is 620 g/mol. The predicted molar refractivity (Wildman–Crippen MR) is 161 cm³/mol. The van der Waals surface area contributed by atoms with Crippen LogP contribution in [0.3, 0.4) is 0 Å². The second-order valence-electron chi connectivity index (χ2n) is 10.4. The first-order valence-corrected chi connectivity index (χ1v) is 15.2. The summed E-state index contributed by atoms with van der Waals surface area (Å²) in [5, 5.41) is 2.79. The Hall–Kier alpha value is -4.77. The van der Waals surface area contributed by atoms with Crippen molar-refractivity contribution < 1.29 is 36.3 Å². The van der Waals surface area contributed by atoms with Crippen LogP contribution in [0.1, 0.15) is 27.0 Å². The standard InChI is InChI=1S/C33H30F2N2O6S/c1-20-16-24(33(39)42-3)17-21(2)31(20)43-15-14-36-32(38)30-18-23-6-4-5-7-29(23)37(30)44(40,41)26-11-8-22(9-12-26)27-13-10-25(34)19-28(27)35/h4-13,16-17,19,30H,14-15,18H2,1-3H3,(H,36,38)/t30-/m0/s1. The summed E-state index contributed by atoms with van der Waals surface area (Å²) in [4.78, 5) is 25.2. The van der Waals surface area contributed by atoms with Gasteiger partial charge in [0, 0.05) is 18.1 Å². The van der Waals surface area contributed by atoms with Crippen LogP contribution in [0.2, 0.25) is 0 Å². The molecule has 4 aromatic rings. The number of anilines is 1. The SMILES string of the molecule is COC(=O)c1cc(C)c(OCCNC(=O)[C@@H]2Cc3ccccc3N2S(=O)(=O)c2ccc(-c3ccc(F)cc3F)cc2)c(C)c1. The maximum Gasteiger partial charge on any atom is 0.337 e. The van der Waals surface area contributed by atoms with Gasteiger partial charge in [-0.3, -0.25) is 9.10 Å². The number of para-hydroxylation sites is 1. The van der Waals surface area contributed by atoms with Crippen molar-refractivity contribution in [2.24, 2.45) is 0 Å². The lowest BCUT2D eigenvalue weighted by atomic mass is 10.1. The number of methoxy groups -OCH3 is 1. The molecule has 44 heavy (non-hydrogen) atoms. The molecule has 228 valence electrons. The Kier molecular flexibility index (Phi) is 8.68. The van der Waals surface area contributed by atoms with Gasteiger partial charge in [0.25, 0.3) is 10.0 Å². The first-order valence-electron chi connectivity index (χ1n) is 13.8. The van der Waals surface area contributed by atoms with Crippen molar-refractivity contribution in [1.29, 1.82) is 0 Å². The highest BCUT2D eigenvalue weighted by Gasteiger charge is 2.42. The zero-order valence-corrected chi connectivity index (χ0v) is 25.1. The van der Waals surface area contributed by atoms with Gasteiger partial charge in [-0.2, -0.15) is 0 Å². The summed E-state index contributed by atoms with van der Waals surface area (Å²) in [5.74, 6) is -1.85. The Labute approximate surface area is 254 Å². The summed E-state index contributed by atoms with van der Waals surface area (Å²) >= 11 is 0. The number of nitrogens with one attached hydrogen (secondary N) is 1. The molecule has 5 rings (SSSR count). The summed E-state index contributed by atoms with van der Waals surface area (Å²) < 4.78 is 67.3. The predicted octanol–water partition coefficient (Wildman–Crippen LogP) is 5.35. The average Bonchev–Trinajstić information content (AvgIpc) is 3.40. The van der Waals surface area contributed by atoms with Crippen molar-refractivity contribution in [1.82, 2.24) is 5.32 Å². The molecule has 0 saturated heterocycles. The van der Waals surface area contributed by atoms with Crippen LogP contribution in [0.5, 0.6) is 5.75 Å². The summed E-state index contributed by atoms with van der Waals surface area (Å²) in [7, 11) is -2.90. The van der Waals surface area contributed by atoms with E-state index in [1.807, 2.05) is 0 Å². The van der Waals surface area contributed by atoms with Crippen LogP contribution in [0.15, 0.2) is 83.8 Å². The number of benzene rings is 4. The van der Waals surface area contributed by atoms with E-state index in [1.165, 1.54) is 37.4 Å². The topological polar surface area (TPSA) is 102 Å². The summed E-state index contributed by atoms with van der Waals surface area (Å²) in [5.41, 5.74) is 3.47. The number of rotatable bonds is 9. The molecule has 8 nitrogen and oxygen atoms in total. The first kappa shape index (κ1) is 30.7. The third kappa shape index (κ3) is 6.00. The van der Waals surface area contributed by atoms with E-state index >= 15 is 0 Å². The minimum absolute atomic E-state index is 0.0806. The molecule has 1 amide bonds. The van der Waals surface area contributed by atoms with Crippen LogP contribution in [0.4, 0.5) is 14.5 Å². The number of esters is 1. The molecule has 0 unspecified atom stereocenters. The molecule has 0 saturated carbocycles. The van der Waals surface area contributed by atoms with Gasteiger partial charge in [-0.15, -0.1) is 0 Å². The van der Waals surface area contributed by atoms with Crippen LogP contribution in [-0.4, -0.2) is 46.6 Å². The fraction of sp³-hybridized carbons (Fsp3) is 0.212. The normalized spacial score (nSPS) is 14.2. The van der Waals surface area contributed by atoms with E-state index in [4.69, 9.17) is 9.47 Å². The van der Waals surface area contributed by atoms with Gasteiger partial charge >= 0.3 is 5.97 Å². The summed E-state index contributed by atoms with van der Waals surface area (Å²) in [6.45, 7) is 3.82. The second kappa shape index (κ2) is 12.5. The Morgan fingerprint density at radius 2 is 1.64 bits per heavy atom. The number of sulfonamides is 1. The van der Waals surface area contributed by atoms with Gasteiger partial charge in [-0.1, -0.05) is 30.3 Å². The highest BCUT2D eigenvalue weighted by atomic mass is 32.2. The van der Waals surface area contributed by atoms with Crippen LogP contribution in [0, 0.1) is 25.5 Å². The highest BCUT2D eigenvalue weighted by Crippen LogP contribution is 2.37. The van der Waals surface area contributed by atoms with Gasteiger partial charge in [-0.25, -0.2) is 22.0 Å². The minimum atomic E-state index is -4.21. The number of halogens is 2. The van der Waals surface area contributed by atoms with Gasteiger partial charge in [0.15, 0.2) is 0 Å². The summed E-state index contributed by atoms with van der Waals surface area (Å²) in [6.07, 6.45) is 0.175. The fourth-order valence-corrected chi connectivity index (χ4v) is 7.01. The number of hydrogen-bond acceptors (Lipinski definition) is 6. The number of ether oxygens (including phenoxy) is 2. The van der Waals surface area contributed by atoms with E-state index in [0.29, 0.717) is 28.1 Å².